The normalized spacial score (nSPS) is 12.1. The van der Waals surface area contributed by atoms with Gasteiger partial charge in [-0.25, -0.2) is 4.98 Å². The fourth-order valence-corrected chi connectivity index (χ4v) is 3.38. The zero-order valence-corrected chi connectivity index (χ0v) is 14.1. The predicted octanol–water partition coefficient (Wildman–Crippen LogP) is 3.60. The van der Waals surface area contributed by atoms with Crippen molar-refractivity contribution in [1.29, 1.82) is 0 Å². The molecule has 3 aromatic rings. The molecule has 5 nitrogen and oxygen atoms in total. The van der Waals surface area contributed by atoms with Gasteiger partial charge >= 0.3 is 0 Å². The third kappa shape index (κ3) is 3.25. The summed E-state index contributed by atoms with van der Waals surface area (Å²) in [6, 6.07) is 13.2. The van der Waals surface area contributed by atoms with Gasteiger partial charge in [0.25, 0.3) is 5.91 Å². The molecule has 0 aliphatic heterocycles. The van der Waals surface area contributed by atoms with Crippen molar-refractivity contribution in [3.63, 3.8) is 0 Å². The summed E-state index contributed by atoms with van der Waals surface area (Å²) in [7, 11) is 1.72. The molecule has 1 atom stereocenters. The molecule has 1 aromatic carbocycles. The summed E-state index contributed by atoms with van der Waals surface area (Å²) in [5.74, 6) is 0.257. The summed E-state index contributed by atoms with van der Waals surface area (Å²) in [6.45, 7) is -0.00617. The van der Waals surface area contributed by atoms with Gasteiger partial charge in [-0.2, -0.15) is 0 Å². The summed E-state index contributed by atoms with van der Waals surface area (Å²) in [5, 5.41) is 11.3. The molecule has 124 valence electrons. The first-order valence-electron chi connectivity index (χ1n) is 7.62. The number of hydrogen-bond donors (Lipinski definition) is 1. The van der Waals surface area contributed by atoms with Gasteiger partial charge in [0.2, 0.25) is 0 Å². The number of aromatic nitrogens is 1. The van der Waals surface area contributed by atoms with Gasteiger partial charge in [-0.3, -0.25) is 4.79 Å². The highest BCUT2D eigenvalue weighted by Gasteiger charge is 2.27. The molecule has 0 aliphatic carbocycles. The van der Waals surface area contributed by atoms with Crippen LogP contribution in [0.3, 0.4) is 0 Å². The molecule has 6 heteroatoms. The second-order valence-corrected chi connectivity index (χ2v) is 6.31. The summed E-state index contributed by atoms with van der Waals surface area (Å²) in [6.07, 6.45) is 1.75. The first-order chi connectivity index (χ1) is 11.7. The molecule has 0 saturated heterocycles. The molecule has 2 heterocycles. The number of carbonyl (C=O) groups excluding carboxylic acids is 1. The van der Waals surface area contributed by atoms with E-state index in [4.69, 9.17) is 4.42 Å². The van der Waals surface area contributed by atoms with Crippen molar-refractivity contribution < 1.29 is 14.3 Å². The van der Waals surface area contributed by atoms with Gasteiger partial charge in [-0.1, -0.05) is 36.4 Å². The molecule has 0 spiro atoms. The Morgan fingerprint density at radius 3 is 2.75 bits per heavy atom. The fourth-order valence-electron chi connectivity index (χ4n) is 2.67. The zero-order chi connectivity index (χ0) is 16.9. The summed E-state index contributed by atoms with van der Waals surface area (Å²) in [4.78, 5) is 19.5. The lowest BCUT2D eigenvalue weighted by Crippen LogP contribution is -2.32. The van der Waals surface area contributed by atoms with Crippen LogP contribution in [0.4, 0.5) is 0 Å². The number of thiophene rings is 1. The first-order valence-corrected chi connectivity index (χ1v) is 8.50. The summed E-state index contributed by atoms with van der Waals surface area (Å²) in [5.41, 5.74) is 1.27. The average Bonchev–Trinajstić information content (AvgIpc) is 3.29. The van der Waals surface area contributed by atoms with Crippen LogP contribution in [0.2, 0.25) is 0 Å². The highest BCUT2D eigenvalue weighted by Crippen LogP contribution is 2.30. The first kappa shape index (κ1) is 16.4. The molecule has 0 aliphatic rings. The third-order valence-corrected chi connectivity index (χ3v) is 4.76. The number of nitrogens with zero attached hydrogens (tertiary/aromatic N) is 2. The van der Waals surface area contributed by atoms with Gasteiger partial charge in [-0.15, -0.1) is 11.3 Å². The molecule has 2 aromatic heterocycles. The maximum atomic E-state index is 12.9. The number of aliphatic hydroxyl groups excluding tert-OH is 1. The molecular weight excluding hydrogens is 324 g/mol. The smallest absolute Gasteiger partial charge is 0.276 e. The van der Waals surface area contributed by atoms with E-state index in [9.17, 15) is 9.90 Å². The van der Waals surface area contributed by atoms with Crippen LogP contribution in [0.15, 0.2) is 58.7 Å². The number of carbonyl (C=O) groups is 1. The molecule has 24 heavy (non-hydrogen) atoms. The zero-order valence-electron chi connectivity index (χ0n) is 13.3. The van der Waals surface area contributed by atoms with Crippen molar-refractivity contribution in [3.05, 3.63) is 65.5 Å². The van der Waals surface area contributed by atoms with Gasteiger partial charge in [-0.05, 0) is 23.4 Å². The summed E-state index contributed by atoms with van der Waals surface area (Å²) < 4.78 is 5.43. The van der Waals surface area contributed by atoms with E-state index in [0.29, 0.717) is 17.9 Å². The monoisotopic (exact) mass is 342 g/mol. The molecule has 1 N–H and O–H groups in total. The molecule has 3 rings (SSSR count). The molecule has 1 unspecified atom stereocenters. The van der Waals surface area contributed by atoms with Gasteiger partial charge in [0, 0.05) is 13.7 Å². The minimum absolute atomic E-state index is 0.00617. The lowest BCUT2D eigenvalue weighted by molar-refractivity contribution is 0.0700. The number of oxazole rings is 1. The minimum atomic E-state index is -0.227. The van der Waals surface area contributed by atoms with Crippen LogP contribution < -0.4 is 0 Å². The maximum absolute atomic E-state index is 12.9. The van der Waals surface area contributed by atoms with Crippen molar-refractivity contribution in [3.8, 4) is 10.6 Å². The standard InChI is InChI=1S/C18H18N2O3S/c1-20(14(9-10-21)13-6-3-2-4-7-13)18(22)16-17(23-12-19-16)15-8-5-11-24-15/h2-8,11-12,14,21H,9-10H2,1H3. The maximum Gasteiger partial charge on any atom is 0.276 e. The van der Waals surface area contributed by atoms with Crippen LogP contribution in [0.25, 0.3) is 10.6 Å². The second kappa shape index (κ2) is 7.42. The number of rotatable bonds is 6. The predicted molar refractivity (Wildman–Crippen MR) is 92.8 cm³/mol. The van der Waals surface area contributed by atoms with Crippen LogP contribution >= 0.6 is 11.3 Å². The Hall–Kier alpha value is -2.44. The second-order valence-electron chi connectivity index (χ2n) is 5.36. The Balaban J connectivity index is 1.90. The van der Waals surface area contributed by atoms with Gasteiger partial charge in [0.05, 0.1) is 10.9 Å². The number of aliphatic hydroxyl groups is 1. The molecule has 0 bridgehead atoms. The van der Waals surface area contributed by atoms with E-state index in [0.717, 1.165) is 10.4 Å². The SMILES string of the molecule is CN(C(=O)c1ncoc1-c1cccs1)C(CCO)c1ccccc1. The molecule has 1 amide bonds. The van der Waals surface area contributed by atoms with E-state index in [1.807, 2.05) is 47.8 Å². The minimum Gasteiger partial charge on any atom is -0.442 e. The lowest BCUT2D eigenvalue weighted by Gasteiger charge is -2.27. The van der Waals surface area contributed by atoms with Crippen LogP contribution in [-0.2, 0) is 0 Å². The van der Waals surface area contributed by atoms with Crippen LogP contribution in [-0.4, -0.2) is 34.6 Å². The average molecular weight is 342 g/mol. The Labute approximate surface area is 144 Å². The van der Waals surface area contributed by atoms with Crippen molar-refractivity contribution in [1.82, 2.24) is 9.88 Å². The van der Waals surface area contributed by atoms with Crippen molar-refractivity contribution >= 4 is 17.2 Å². The van der Waals surface area contributed by atoms with Crippen molar-refractivity contribution in [2.75, 3.05) is 13.7 Å². The highest BCUT2D eigenvalue weighted by atomic mass is 32.1. The van der Waals surface area contributed by atoms with E-state index in [1.165, 1.54) is 17.7 Å². The van der Waals surface area contributed by atoms with Gasteiger partial charge in [0.1, 0.15) is 0 Å². The Kier molecular flexibility index (Phi) is 5.08. The van der Waals surface area contributed by atoms with E-state index < -0.39 is 0 Å². The van der Waals surface area contributed by atoms with Crippen LogP contribution in [0.1, 0.15) is 28.5 Å². The highest BCUT2D eigenvalue weighted by molar-refractivity contribution is 7.13. The number of hydrogen-bond acceptors (Lipinski definition) is 5. The van der Waals surface area contributed by atoms with Crippen LogP contribution in [0.5, 0.6) is 0 Å². The fraction of sp³-hybridized carbons (Fsp3) is 0.222. The Morgan fingerprint density at radius 1 is 1.29 bits per heavy atom. The lowest BCUT2D eigenvalue weighted by atomic mass is 10.0. The van der Waals surface area contributed by atoms with E-state index in [2.05, 4.69) is 4.98 Å². The molecular formula is C18H18N2O3S. The molecule has 0 fully saturated rings. The van der Waals surface area contributed by atoms with E-state index in [-0.39, 0.29) is 18.6 Å². The summed E-state index contributed by atoms with van der Waals surface area (Å²) >= 11 is 1.49. The van der Waals surface area contributed by atoms with E-state index in [1.54, 1.807) is 11.9 Å². The number of amides is 1. The molecule has 0 saturated carbocycles. The van der Waals surface area contributed by atoms with E-state index >= 15 is 0 Å². The third-order valence-electron chi connectivity index (χ3n) is 3.89. The Morgan fingerprint density at radius 2 is 2.08 bits per heavy atom. The topological polar surface area (TPSA) is 66.6 Å². The quantitative estimate of drug-likeness (QED) is 0.743. The Bertz CT molecular complexity index is 784. The molecule has 0 radical (unpaired) electrons. The largest absolute Gasteiger partial charge is 0.442 e. The van der Waals surface area contributed by atoms with Crippen LogP contribution in [0, 0.1) is 0 Å². The van der Waals surface area contributed by atoms with Crippen molar-refractivity contribution in [2.24, 2.45) is 0 Å². The van der Waals surface area contributed by atoms with Crippen molar-refractivity contribution in [2.45, 2.75) is 12.5 Å². The van der Waals surface area contributed by atoms with Gasteiger partial charge in [0.15, 0.2) is 17.8 Å². The number of benzene rings is 1. The van der Waals surface area contributed by atoms with Gasteiger partial charge < -0.3 is 14.4 Å².